The van der Waals surface area contributed by atoms with Crippen molar-refractivity contribution >= 4 is 34.4 Å². The van der Waals surface area contributed by atoms with Gasteiger partial charge in [0.05, 0.1) is 6.20 Å². The van der Waals surface area contributed by atoms with Crippen LogP contribution >= 0.6 is 11.3 Å². The molecule has 0 atom stereocenters. The molecule has 9 heteroatoms. The monoisotopic (exact) mass is 463 g/mol. The molecule has 2 aromatic carbocycles. The molecule has 2 N–H and O–H groups in total. The summed E-state index contributed by atoms with van der Waals surface area (Å²) in [6, 6.07) is 16.1. The van der Waals surface area contributed by atoms with Gasteiger partial charge in [0.1, 0.15) is 17.0 Å². The van der Waals surface area contributed by atoms with E-state index in [0.29, 0.717) is 12.8 Å². The number of fused-ring (bicyclic) bond motifs is 3. The highest BCUT2D eigenvalue weighted by atomic mass is 32.1. The summed E-state index contributed by atoms with van der Waals surface area (Å²) in [5, 5.41) is 12.2. The number of amides is 2. The second kappa shape index (κ2) is 8.00. The van der Waals surface area contributed by atoms with Crippen LogP contribution in [-0.2, 0) is 9.53 Å². The van der Waals surface area contributed by atoms with Crippen LogP contribution in [0.3, 0.4) is 0 Å². The number of carbonyl (C=O) groups excluding carboxylic acids is 2. The number of rotatable bonds is 6. The predicted octanol–water partition coefficient (Wildman–Crippen LogP) is 4.19. The minimum Gasteiger partial charge on any atom is -0.479 e. The summed E-state index contributed by atoms with van der Waals surface area (Å²) in [6.07, 6.45) is 1.52. The van der Waals surface area contributed by atoms with E-state index in [1.807, 2.05) is 36.4 Å². The van der Waals surface area contributed by atoms with E-state index < -0.39 is 23.5 Å². The van der Waals surface area contributed by atoms with Crippen LogP contribution in [0, 0.1) is 0 Å². The number of hydrogen-bond donors (Lipinski definition) is 2. The molecule has 168 valence electrons. The molecule has 1 aromatic heterocycles. The van der Waals surface area contributed by atoms with Crippen LogP contribution in [-0.4, -0.2) is 52.2 Å². The summed E-state index contributed by atoms with van der Waals surface area (Å²) in [5.41, 5.74) is 3.38. The highest BCUT2D eigenvalue weighted by Crippen LogP contribution is 2.44. The zero-order chi connectivity index (χ0) is 23.2. The van der Waals surface area contributed by atoms with Crippen molar-refractivity contribution in [2.45, 2.75) is 24.3 Å². The maximum atomic E-state index is 12.7. The second-order valence-electron chi connectivity index (χ2n) is 8.18. The SMILES string of the molecule is CN(C(=O)c1cnc(NC(=O)OCC2c3ccccc3-c3ccccc32)s1)C1(C(=O)O)CC1. The van der Waals surface area contributed by atoms with E-state index in [1.54, 1.807) is 0 Å². The van der Waals surface area contributed by atoms with Gasteiger partial charge in [-0.3, -0.25) is 10.1 Å². The van der Waals surface area contributed by atoms with E-state index in [2.05, 4.69) is 22.4 Å². The van der Waals surface area contributed by atoms with Gasteiger partial charge in [-0.1, -0.05) is 59.9 Å². The summed E-state index contributed by atoms with van der Waals surface area (Å²) in [7, 11) is 1.47. The van der Waals surface area contributed by atoms with Gasteiger partial charge < -0.3 is 14.7 Å². The lowest BCUT2D eigenvalue weighted by Gasteiger charge is -2.23. The van der Waals surface area contributed by atoms with Crippen molar-refractivity contribution in [3.8, 4) is 11.1 Å². The maximum Gasteiger partial charge on any atom is 0.413 e. The summed E-state index contributed by atoms with van der Waals surface area (Å²) in [6.45, 7) is 0.168. The summed E-state index contributed by atoms with van der Waals surface area (Å²) < 4.78 is 5.50. The molecule has 3 aromatic rings. The largest absolute Gasteiger partial charge is 0.479 e. The number of anilines is 1. The van der Waals surface area contributed by atoms with Crippen molar-refractivity contribution in [3.05, 3.63) is 70.7 Å². The quantitative estimate of drug-likeness (QED) is 0.567. The van der Waals surface area contributed by atoms with Gasteiger partial charge in [-0.25, -0.2) is 14.6 Å². The van der Waals surface area contributed by atoms with Crippen LogP contribution in [0.4, 0.5) is 9.93 Å². The number of aliphatic carboxylic acids is 1. The topological polar surface area (TPSA) is 109 Å². The lowest BCUT2D eigenvalue weighted by molar-refractivity contribution is -0.143. The highest BCUT2D eigenvalue weighted by molar-refractivity contribution is 7.17. The Labute approximate surface area is 193 Å². The van der Waals surface area contributed by atoms with Crippen LogP contribution in [0.5, 0.6) is 0 Å². The van der Waals surface area contributed by atoms with Gasteiger partial charge in [-0.15, -0.1) is 0 Å². The van der Waals surface area contributed by atoms with Crippen molar-refractivity contribution < 1.29 is 24.2 Å². The number of nitrogens with zero attached hydrogens (tertiary/aromatic N) is 2. The van der Waals surface area contributed by atoms with E-state index in [0.717, 1.165) is 33.6 Å². The predicted molar refractivity (Wildman–Crippen MR) is 123 cm³/mol. The average molecular weight is 464 g/mol. The first-order chi connectivity index (χ1) is 15.9. The molecule has 0 spiro atoms. The molecule has 1 saturated carbocycles. The Morgan fingerprint density at radius 1 is 1.12 bits per heavy atom. The molecular weight excluding hydrogens is 442 g/mol. The Hall–Kier alpha value is -3.72. The van der Waals surface area contributed by atoms with E-state index in [-0.39, 0.29) is 22.5 Å². The summed E-state index contributed by atoms with van der Waals surface area (Å²) in [5.74, 6) is -1.51. The standard InChI is InChI=1S/C24H21N3O5S/c1-27(24(10-11-24)21(29)30)20(28)19-12-25-22(33-19)26-23(31)32-13-18-16-8-4-2-6-14(16)15-7-3-5-9-17(15)18/h2-9,12,18H,10-11,13H2,1H3,(H,29,30)(H,25,26,31). The molecule has 2 aliphatic carbocycles. The third kappa shape index (κ3) is 3.64. The molecule has 33 heavy (non-hydrogen) atoms. The first-order valence-corrected chi connectivity index (χ1v) is 11.3. The van der Waals surface area contributed by atoms with Crippen LogP contribution in [0.25, 0.3) is 11.1 Å². The number of thiazole rings is 1. The smallest absolute Gasteiger partial charge is 0.413 e. The Bertz CT molecular complexity index is 1220. The molecule has 1 heterocycles. The Morgan fingerprint density at radius 2 is 1.73 bits per heavy atom. The van der Waals surface area contributed by atoms with E-state index >= 15 is 0 Å². The maximum absolute atomic E-state index is 12.7. The number of likely N-dealkylation sites (N-methyl/N-ethyl adjacent to an activating group) is 1. The number of carboxylic acids is 1. The molecule has 5 rings (SSSR count). The number of hydrogen-bond acceptors (Lipinski definition) is 6. The number of ether oxygens (including phenoxy) is 1. The van der Waals surface area contributed by atoms with Crippen molar-refractivity contribution in [1.82, 2.24) is 9.88 Å². The Morgan fingerprint density at radius 3 is 2.30 bits per heavy atom. The third-order valence-electron chi connectivity index (χ3n) is 6.34. The Kier molecular flexibility index (Phi) is 5.13. The minimum absolute atomic E-state index is 0.0593. The van der Waals surface area contributed by atoms with Crippen LogP contribution < -0.4 is 5.32 Å². The van der Waals surface area contributed by atoms with Gasteiger partial charge in [0.2, 0.25) is 0 Å². The number of carbonyl (C=O) groups is 3. The lowest BCUT2D eigenvalue weighted by atomic mass is 9.98. The second-order valence-corrected chi connectivity index (χ2v) is 9.21. The number of carboxylic acid groups (broad SMARTS) is 1. The summed E-state index contributed by atoms with van der Waals surface area (Å²) in [4.78, 5) is 42.1. The molecule has 2 amide bonds. The fourth-order valence-corrected chi connectivity index (χ4v) is 5.10. The minimum atomic E-state index is -1.14. The molecule has 8 nitrogen and oxygen atoms in total. The van der Waals surface area contributed by atoms with Gasteiger partial charge in [-0.2, -0.15) is 0 Å². The van der Waals surface area contributed by atoms with Crippen LogP contribution in [0.15, 0.2) is 54.7 Å². The first kappa shape index (κ1) is 21.1. The first-order valence-electron chi connectivity index (χ1n) is 10.5. The molecule has 1 fully saturated rings. The molecule has 0 saturated heterocycles. The van der Waals surface area contributed by atoms with E-state index in [9.17, 15) is 19.5 Å². The molecule has 0 unspecified atom stereocenters. The molecular formula is C24H21N3O5S. The van der Waals surface area contributed by atoms with Crippen molar-refractivity contribution in [2.75, 3.05) is 19.0 Å². The number of benzene rings is 2. The molecule has 0 bridgehead atoms. The third-order valence-corrected chi connectivity index (χ3v) is 7.24. The number of aromatic nitrogens is 1. The molecule has 0 aliphatic heterocycles. The van der Waals surface area contributed by atoms with Crippen molar-refractivity contribution in [3.63, 3.8) is 0 Å². The normalized spacial score (nSPS) is 15.3. The lowest BCUT2D eigenvalue weighted by Crippen LogP contribution is -2.44. The van der Waals surface area contributed by atoms with Gasteiger partial charge >= 0.3 is 12.1 Å². The van der Waals surface area contributed by atoms with Crippen molar-refractivity contribution in [1.29, 1.82) is 0 Å². The molecule has 2 aliphatic rings. The van der Waals surface area contributed by atoms with Gasteiger partial charge in [-0.05, 0) is 35.1 Å². The van der Waals surface area contributed by atoms with E-state index in [4.69, 9.17) is 4.74 Å². The van der Waals surface area contributed by atoms with Gasteiger partial charge in [0.15, 0.2) is 5.13 Å². The Balaban J connectivity index is 1.23. The fourth-order valence-electron chi connectivity index (χ4n) is 4.32. The highest BCUT2D eigenvalue weighted by Gasteiger charge is 2.55. The zero-order valence-corrected chi connectivity index (χ0v) is 18.6. The van der Waals surface area contributed by atoms with Gasteiger partial charge in [0.25, 0.3) is 5.91 Å². The van der Waals surface area contributed by atoms with Crippen LogP contribution in [0.2, 0.25) is 0 Å². The van der Waals surface area contributed by atoms with Crippen LogP contribution in [0.1, 0.15) is 39.6 Å². The zero-order valence-electron chi connectivity index (χ0n) is 17.8. The summed E-state index contributed by atoms with van der Waals surface area (Å²) >= 11 is 0.981. The van der Waals surface area contributed by atoms with Crippen molar-refractivity contribution in [2.24, 2.45) is 0 Å². The number of nitrogens with one attached hydrogen (secondary N) is 1. The fraction of sp³-hybridized carbons (Fsp3) is 0.250. The van der Waals surface area contributed by atoms with E-state index in [1.165, 1.54) is 18.1 Å². The average Bonchev–Trinajstić information content (AvgIpc) is 3.41. The van der Waals surface area contributed by atoms with Gasteiger partial charge in [0, 0.05) is 13.0 Å². The molecule has 0 radical (unpaired) electrons.